The molecule has 3 aliphatic heterocycles. The monoisotopic (exact) mass is 519 g/mol. The van der Waals surface area contributed by atoms with Crippen molar-refractivity contribution in [1.29, 1.82) is 5.26 Å². The number of carbonyl (C=O) groups excluding carboxylic acids is 3. The van der Waals surface area contributed by atoms with Gasteiger partial charge in [0, 0.05) is 41.4 Å². The number of hydrogen-bond donors (Lipinski definition) is 3. The van der Waals surface area contributed by atoms with Gasteiger partial charge in [0.1, 0.15) is 17.8 Å². The molecule has 2 bridgehead atoms. The van der Waals surface area contributed by atoms with Gasteiger partial charge in [0.2, 0.25) is 11.8 Å². The zero-order valence-electron chi connectivity index (χ0n) is 19.6. The van der Waals surface area contributed by atoms with Crippen LogP contribution in [-0.2, 0) is 9.59 Å². The Hall–Kier alpha value is -3.62. The Morgan fingerprint density at radius 1 is 1.24 bits per heavy atom. The number of nitriles is 1. The normalized spacial score (nSPS) is 27.2. The Labute approximate surface area is 209 Å². The quantitative estimate of drug-likeness (QED) is 0.508. The number of nitrogens with zero attached hydrogens (tertiary/aromatic N) is 2. The Morgan fingerprint density at radius 2 is 2.03 bits per heavy atom. The topological polar surface area (TPSA) is 118 Å². The van der Waals surface area contributed by atoms with Crippen LogP contribution in [0.25, 0.3) is 10.9 Å². The molecule has 1 saturated carbocycles. The van der Waals surface area contributed by atoms with E-state index in [1.807, 2.05) is 6.07 Å². The summed E-state index contributed by atoms with van der Waals surface area (Å²) in [5, 5.41) is 14.8. The van der Waals surface area contributed by atoms with Gasteiger partial charge in [0.15, 0.2) is 0 Å². The van der Waals surface area contributed by atoms with Crippen molar-refractivity contribution >= 4 is 28.6 Å². The first kappa shape index (κ1) is 25.0. The van der Waals surface area contributed by atoms with E-state index in [1.165, 1.54) is 24.3 Å². The molecule has 3 saturated heterocycles. The number of carbonyl (C=O) groups is 3. The number of alkyl halides is 4. The summed E-state index contributed by atoms with van der Waals surface area (Å²) in [6.45, 7) is 0.453. The molecule has 37 heavy (non-hydrogen) atoms. The summed E-state index contributed by atoms with van der Waals surface area (Å²) in [5.74, 6) is -7.02. The van der Waals surface area contributed by atoms with Crippen LogP contribution in [0.3, 0.4) is 0 Å². The molecule has 4 aliphatic rings. The molecule has 4 fully saturated rings. The number of halogens is 4. The summed E-state index contributed by atoms with van der Waals surface area (Å²) in [4.78, 5) is 42.8. The number of H-pyrrole nitrogens is 1. The van der Waals surface area contributed by atoms with Crippen molar-refractivity contribution in [3.8, 4) is 6.07 Å². The van der Waals surface area contributed by atoms with E-state index in [9.17, 15) is 37.2 Å². The molecular formula is C25H25F4N5O3. The van der Waals surface area contributed by atoms with Gasteiger partial charge in [-0.25, -0.2) is 17.6 Å². The molecule has 2 aromatic rings. The van der Waals surface area contributed by atoms with Crippen LogP contribution in [0.2, 0.25) is 0 Å². The minimum atomic E-state index is -3.20. The van der Waals surface area contributed by atoms with Crippen molar-refractivity contribution in [1.82, 2.24) is 20.5 Å². The summed E-state index contributed by atoms with van der Waals surface area (Å²) < 4.78 is 56.8. The van der Waals surface area contributed by atoms with E-state index in [1.54, 1.807) is 0 Å². The highest BCUT2D eigenvalue weighted by Gasteiger charge is 2.60. The van der Waals surface area contributed by atoms with E-state index in [4.69, 9.17) is 0 Å². The van der Waals surface area contributed by atoms with Crippen molar-refractivity contribution in [3.05, 3.63) is 35.5 Å². The first-order valence-electron chi connectivity index (χ1n) is 12.2. The zero-order valence-corrected chi connectivity index (χ0v) is 19.6. The molecule has 3 amide bonds. The van der Waals surface area contributed by atoms with Crippen LogP contribution in [0, 0.1) is 23.2 Å². The number of hydrogen-bond acceptors (Lipinski definition) is 4. The van der Waals surface area contributed by atoms with Gasteiger partial charge in [-0.05, 0) is 37.8 Å². The highest BCUT2D eigenvalue weighted by atomic mass is 19.3. The predicted octanol–water partition coefficient (Wildman–Crippen LogP) is 3.27. The van der Waals surface area contributed by atoms with Crippen LogP contribution in [-0.4, -0.2) is 58.2 Å². The first-order chi connectivity index (χ1) is 17.6. The lowest BCUT2D eigenvalue weighted by atomic mass is 9.71. The van der Waals surface area contributed by atoms with Gasteiger partial charge in [0.05, 0.1) is 12.0 Å². The highest BCUT2D eigenvalue weighted by Crippen LogP contribution is 2.49. The van der Waals surface area contributed by atoms with E-state index in [2.05, 4.69) is 15.6 Å². The summed E-state index contributed by atoms with van der Waals surface area (Å²) in [6.07, 6.45) is -2.59. The van der Waals surface area contributed by atoms with E-state index in [0.29, 0.717) is 13.0 Å². The molecule has 5 atom stereocenters. The van der Waals surface area contributed by atoms with Crippen LogP contribution < -0.4 is 10.6 Å². The van der Waals surface area contributed by atoms with Gasteiger partial charge in [-0.15, -0.1) is 0 Å². The van der Waals surface area contributed by atoms with E-state index >= 15 is 0 Å². The van der Waals surface area contributed by atoms with Gasteiger partial charge in [-0.2, -0.15) is 5.26 Å². The molecule has 1 aromatic heterocycles. The molecule has 0 unspecified atom stereocenters. The lowest BCUT2D eigenvalue weighted by Gasteiger charge is -2.53. The van der Waals surface area contributed by atoms with Crippen molar-refractivity contribution in [2.45, 2.75) is 62.6 Å². The molecule has 0 spiro atoms. The summed E-state index contributed by atoms with van der Waals surface area (Å²) in [5.41, 5.74) is -0.0770. The maximum absolute atomic E-state index is 14.9. The number of fused-ring (bicyclic) bond motifs is 4. The standard InChI is InChI=1S/C25H25F4N5O3/c26-21(27)15-2-1-3-18-16(15)9-19(33-18)24(37)34-14-4-5-17(25(28,29)10-14)20(34)23(36)32-13(11-30)8-12-6-7-31-22(12)35/h1-3,9,12-14,17,20-21,33H,4-8,10H2,(H,31,35)(H,32,36)/t12-,13-,14+,17+,20+/m0/s1. The molecule has 4 heterocycles. The predicted molar refractivity (Wildman–Crippen MR) is 123 cm³/mol. The number of piperidine rings is 2. The third-order valence-corrected chi connectivity index (χ3v) is 7.76. The van der Waals surface area contributed by atoms with Gasteiger partial charge < -0.3 is 20.5 Å². The Morgan fingerprint density at radius 3 is 2.68 bits per heavy atom. The second-order valence-corrected chi connectivity index (χ2v) is 9.95. The molecule has 1 aliphatic carbocycles. The second-order valence-electron chi connectivity index (χ2n) is 9.95. The second kappa shape index (κ2) is 9.36. The van der Waals surface area contributed by atoms with Crippen molar-refractivity contribution in [3.63, 3.8) is 0 Å². The summed E-state index contributed by atoms with van der Waals surface area (Å²) in [7, 11) is 0. The highest BCUT2D eigenvalue weighted by molar-refractivity contribution is 6.01. The molecule has 196 valence electrons. The minimum absolute atomic E-state index is 0.0179. The number of amides is 3. The summed E-state index contributed by atoms with van der Waals surface area (Å²) >= 11 is 0. The summed E-state index contributed by atoms with van der Waals surface area (Å²) in [6, 6.07) is 3.75. The molecule has 8 nitrogen and oxygen atoms in total. The Balaban J connectivity index is 1.44. The van der Waals surface area contributed by atoms with Gasteiger partial charge in [-0.3, -0.25) is 14.4 Å². The largest absolute Gasteiger partial charge is 0.356 e. The lowest BCUT2D eigenvalue weighted by molar-refractivity contribution is -0.179. The molecular weight excluding hydrogens is 494 g/mol. The first-order valence-corrected chi connectivity index (χ1v) is 12.2. The Kier molecular flexibility index (Phi) is 6.33. The fraction of sp³-hybridized carbons (Fsp3) is 0.520. The fourth-order valence-corrected chi connectivity index (χ4v) is 5.98. The third-order valence-electron chi connectivity index (χ3n) is 7.76. The lowest BCUT2D eigenvalue weighted by Crippen LogP contribution is -2.68. The molecule has 3 N–H and O–H groups in total. The van der Waals surface area contributed by atoms with E-state index in [-0.39, 0.29) is 47.3 Å². The maximum atomic E-state index is 14.9. The molecule has 0 radical (unpaired) electrons. The maximum Gasteiger partial charge on any atom is 0.271 e. The Bertz CT molecular complexity index is 1290. The number of rotatable bonds is 6. The van der Waals surface area contributed by atoms with Crippen LogP contribution in [0.4, 0.5) is 17.6 Å². The van der Waals surface area contributed by atoms with Crippen molar-refractivity contribution in [2.75, 3.05) is 6.54 Å². The SMILES string of the molecule is N#C[C@H](C[C@@H]1CCNC1=O)NC(=O)[C@H]1[C@H]2CC[C@H](CC2(F)F)N1C(=O)c1cc2c(C(F)F)cccc2[nH]1. The van der Waals surface area contributed by atoms with Crippen LogP contribution in [0.5, 0.6) is 0 Å². The van der Waals surface area contributed by atoms with E-state index < -0.39 is 60.5 Å². The van der Waals surface area contributed by atoms with Crippen molar-refractivity contribution < 1.29 is 31.9 Å². The van der Waals surface area contributed by atoms with Crippen molar-refractivity contribution in [2.24, 2.45) is 11.8 Å². The van der Waals surface area contributed by atoms with Crippen LogP contribution in [0.1, 0.15) is 54.6 Å². The van der Waals surface area contributed by atoms with Crippen LogP contribution in [0.15, 0.2) is 24.3 Å². The number of aromatic nitrogens is 1. The number of nitrogens with one attached hydrogen (secondary N) is 3. The van der Waals surface area contributed by atoms with Crippen LogP contribution >= 0.6 is 0 Å². The van der Waals surface area contributed by atoms with Gasteiger partial charge >= 0.3 is 0 Å². The van der Waals surface area contributed by atoms with Gasteiger partial charge in [0.25, 0.3) is 18.3 Å². The minimum Gasteiger partial charge on any atom is -0.356 e. The zero-order chi connectivity index (χ0) is 26.5. The van der Waals surface area contributed by atoms with E-state index in [0.717, 1.165) is 4.90 Å². The smallest absolute Gasteiger partial charge is 0.271 e. The molecule has 6 rings (SSSR count). The average molecular weight is 519 g/mol. The average Bonchev–Trinajstić information content (AvgIpc) is 3.47. The third kappa shape index (κ3) is 4.40. The van der Waals surface area contributed by atoms with Gasteiger partial charge in [-0.1, -0.05) is 12.1 Å². The number of aromatic amines is 1. The fourth-order valence-electron chi connectivity index (χ4n) is 5.98. The number of benzene rings is 1. The molecule has 1 aromatic carbocycles. The molecule has 12 heteroatoms.